The van der Waals surface area contributed by atoms with Gasteiger partial charge in [0.1, 0.15) is 11.6 Å². The van der Waals surface area contributed by atoms with Gasteiger partial charge < -0.3 is 9.88 Å². The summed E-state index contributed by atoms with van der Waals surface area (Å²) in [5.41, 5.74) is 1.91. The minimum atomic E-state index is -0.310. The molecule has 108 valence electrons. The predicted molar refractivity (Wildman–Crippen MR) is 77.4 cm³/mol. The minimum absolute atomic E-state index is 0.0566. The van der Waals surface area contributed by atoms with Crippen molar-refractivity contribution in [1.29, 1.82) is 0 Å². The number of rotatable bonds is 4. The number of carbonyl (C=O) groups excluding carboxylic acids is 1. The summed E-state index contributed by atoms with van der Waals surface area (Å²) in [5, 5.41) is 2.27. The Morgan fingerprint density at radius 1 is 1.55 bits per heavy atom. The number of imidazole rings is 1. The lowest BCUT2D eigenvalue weighted by atomic mass is 10.2. The van der Waals surface area contributed by atoms with E-state index in [-0.39, 0.29) is 17.1 Å². The monoisotopic (exact) mass is 297 g/mol. The van der Waals surface area contributed by atoms with Crippen LogP contribution in [0.2, 0.25) is 0 Å². The van der Waals surface area contributed by atoms with Crippen molar-refractivity contribution in [1.82, 2.24) is 14.9 Å². The lowest BCUT2D eigenvalue weighted by Gasteiger charge is -2.10. The molecule has 0 saturated heterocycles. The van der Waals surface area contributed by atoms with Gasteiger partial charge >= 0.3 is 0 Å². The second-order valence-corrected chi connectivity index (χ2v) is 5.41. The van der Waals surface area contributed by atoms with Gasteiger partial charge in [0.2, 0.25) is 5.91 Å². The van der Waals surface area contributed by atoms with Gasteiger partial charge in [0.25, 0.3) is 0 Å². The Balaban J connectivity index is 2.50. The van der Waals surface area contributed by atoms with E-state index in [2.05, 4.69) is 10.3 Å². The highest BCUT2D eigenvalue weighted by molar-refractivity contribution is 6.20. The van der Waals surface area contributed by atoms with E-state index in [0.29, 0.717) is 29.9 Å². The lowest BCUT2D eigenvalue weighted by molar-refractivity contribution is -0.120. The van der Waals surface area contributed by atoms with E-state index < -0.39 is 0 Å². The van der Waals surface area contributed by atoms with Crippen molar-refractivity contribution in [3.63, 3.8) is 0 Å². The SMILES string of the molecule is CNC(=O)CCn1c(C(C)Cl)nc2cc(F)c(C)cc21. The molecular formula is C14H17ClFN3O. The maximum atomic E-state index is 13.6. The van der Waals surface area contributed by atoms with Crippen LogP contribution < -0.4 is 5.32 Å². The standard InChI is InChI=1S/C14H17ClFN3O/c1-8-6-12-11(7-10(8)16)18-14(9(2)15)19(12)5-4-13(20)17-3/h6-7,9H,4-5H2,1-3H3,(H,17,20). The van der Waals surface area contributed by atoms with Crippen LogP contribution in [0.3, 0.4) is 0 Å². The minimum Gasteiger partial charge on any atom is -0.359 e. The van der Waals surface area contributed by atoms with E-state index in [1.165, 1.54) is 6.07 Å². The van der Waals surface area contributed by atoms with Crippen LogP contribution in [0, 0.1) is 12.7 Å². The zero-order valence-corrected chi connectivity index (χ0v) is 12.5. The highest BCUT2D eigenvalue weighted by Gasteiger charge is 2.17. The number of nitrogens with zero attached hydrogens (tertiary/aromatic N) is 2. The molecule has 0 spiro atoms. The van der Waals surface area contributed by atoms with Crippen LogP contribution in [-0.4, -0.2) is 22.5 Å². The third-order valence-corrected chi connectivity index (χ3v) is 3.45. The van der Waals surface area contributed by atoms with Crippen LogP contribution >= 0.6 is 11.6 Å². The summed E-state index contributed by atoms with van der Waals surface area (Å²) >= 11 is 6.13. The number of benzene rings is 1. The Morgan fingerprint density at radius 2 is 2.25 bits per heavy atom. The van der Waals surface area contributed by atoms with Crippen molar-refractivity contribution in [3.05, 3.63) is 29.3 Å². The van der Waals surface area contributed by atoms with Gasteiger partial charge in [-0.25, -0.2) is 9.37 Å². The molecule has 1 heterocycles. The van der Waals surface area contributed by atoms with Gasteiger partial charge in [-0.15, -0.1) is 11.6 Å². The van der Waals surface area contributed by atoms with Gasteiger partial charge in [-0.2, -0.15) is 0 Å². The Hall–Kier alpha value is -1.62. The normalized spacial score (nSPS) is 12.7. The third kappa shape index (κ3) is 2.77. The molecule has 4 nitrogen and oxygen atoms in total. The van der Waals surface area contributed by atoms with Crippen molar-refractivity contribution >= 4 is 28.5 Å². The first-order valence-corrected chi connectivity index (χ1v) is 6.88. The van der Waals surface area contributed by atoms with Gasteiger partial charge in [-0.3, -0.25) is 4.79 Å². The number of carbonyl (C=O) groups is 1. The van der Waals surface area contributed by atoms with Crippen molar-refractivity contribution in [3.8, 4) is 0 Å². The number of nitrogens with one attached hydrogen (secondary N) is 1. The molecule has 1 aromatic heterocycles. The molecule has 0 bridgehead atoms. The van der Waals surface area contributed by atoms with E-state index >= 15 is 0 Å². The summed E-state index contributed by atoms with van der Waals surface area (Å²) in [7, 11) is 1.60. The first-order valence-electron chi connectivity index (χ1n) is 6.45. The smallest absolute Gasteiger partial charge is 0.221 e. The van der Waals surface area contributed by atoms with Crippen LogP contribution in [0.4, 0.5) is 4.39 Å². The first-order chi connectivity index (χ1) is 9.43. The number of amides is 1. The molecule has 1 aromatic carbocycles. The number of aryl methyl sites for hydroxylation is 2. The summed E-state index contributed by atoms with van der Waals surface area (Å²) < 4.78 is 15.5. The number of halogens is 2. The molecule has 0 fully saturated rings. The van der Waals surface area contributed by atoms with Crippen LogP contribution in [0.1, 0.15) is 30.1 Å². The summed E-state index contributed by atoms with van der Waals surface area (Å²) in [5.74, 6) is 0.302. The van der Waals surface area contributed by atoms with Crippen LogP contribution in [0.5, 0.6) is 0 Å². The molecule has 1 unspecified atom stereocenters. The van der Waals surface area contributed by atoms with Gasteiger partial charge in [-0.05, 0) is 25.5 Å². The fraction of sp³-hybridized carbons (Fsp3) is 0.429. The summed E-state index contributed by atoms with van der Waals surface area (Å²) in [6, 6.07) is 3.15. The Bertz CT molecular complexity index is 651. The molecule has 20 heavy (non-hydrogen) atoms. The van der Waals surface area contributed by atoms with E-state index in [9.17, 15) is 9.18 Å². The molecule has 2 rings (SSSR count). The highest BCUT2D eigenvalue weighted by Crippen LogP contribution is 2.26. The molecule has 6 heteroatoms. The van der Waals surface area contributed by atoms with Crippen LogP contribution in [-0.2, 0) is 11.3 Å². The van der Waals surface area contributed by atoms with Crippen LogP contribution in [0.15, 0.2) is 12.1 Å². The number of fused-ring (bicyclic) bond motifs is 1. The average molecular weight is 298 g/mol. The zero-order valence-electron chi connectivity index (χ0n) is 11.7. The Kier molecular flexibility index (Phi) is 4.28. The molecule has 0 aliphatic rings. The van der Waals surface area contributed by atoms with E-state index in [1.807, 2.05) is 11.5 Å². The molecule has 0 radical (unpaired) electrons. The van der Waals surface area contributed by atoms with Gasteiger partial charge in [0.05, 0.1) is 16.4 Å². The Labute approximate surface area is 121 Å². The number of hydrogen-bond acceptors (Lipinski definition) is 2. The van der Waals surface area contributed by atoms with E-state index in [1.54, 1.807) is 20.0 Å². The van der Waals surface area contributed by atoms with Crippen molar-refractivity contribution < 1.29 is 9.18 Å². The number of aromatic nitrogens is 2. The molecule has 1 amide bonds. The fourth-order valence-electron chi connectivity index (χ4n) is 2.15. The zero-order chi connectivity index (χ0) is 14.9. The Morgan fingerprint density at radius 3 is 2.85 bits per heavy atom. The predicted octanol–water partition coefficient (Wildman–Crippen LogP) is 2.92. The molecule has 1 N–H and O–H groups in total. The molecule has 2 aromatic rings. The summed E-state index contributed by atoms with van der Waals surface area (Å²) in [6.45, 7) is 3.98. The second kappa shape index (κ2) is 5.79. The largest absolute Gasteiger partial charge is 0.359 e. The van der Waals surface area contributed by atoms with Gasteiger partial charge in [0.15, 0.2) is 0 Å². The number of hydrogen-bond donors (Lipinski definition) is 1. The van der Waals surface area contributed by atoms with Crippen molar-refractivity contribution in [2.75, 3.05) is 7.05 Å². The molecule has 0 aliphatic heterocycles. The van der Waals surface area contributed by atoms with Crippen molar-refractivity contribution in [2.24, 2.45) is 0 Å². The molecule has 1 atom stereocenters. The first kappa shape index (κ1) is 14.8. The molecule has 0 saturated carbocycles. The fourth-order valence-corrected chi connectivity index (χ4v) is 2.31. The quantitative estimate of drug-likeness (QED) is 0.882. The average Bonchev–Trinajstić information content (AvgIpc) is 2.74. The lowest BCUT2D eigenvalue weighted by Crippen LogP contribution is -2.20. The van der Waals surface area contributed by atoms with E-state index in [0.717, 1.165) is 5.52 Å². The van der Waals surface area contributed by atoms with Crippen LogP contribution in [0.25, 0.3) is 11.0 Å². The van der Waals surface area contributed by atoms with Crippen molar-refractivity contribution in [2.45, 2.75) is 32.2 Å². The highest BCUT2D eigenvalue weighted by atomic mass is 35.5. The maximum absolute atomic E-state index is 13.6. The molecule has 0 aliphatic carbocycles. The van der Waals surface area contributed by atoms with Gasteiger partial charge in [0, 0.05) is 26.1 Å². The summed E-state index contributed by atoms with van der Waals surface area (Å²) in [4.78, 5) is 15.8. The third-order valence-electron chi connectivity index (χ3n) is 3.26. The second-order valence-electron chi connectivity index (χ2n) is 4.75. The number of alkyl halides is 1. The maximum Gasteiger partial charge on any atom is 0.221 e. The molecular weight excluding hydrogens is 281 g/mol. The topological polar surface area (TPSA) is 46.9 Å². The van der Waals surface area contributed by atoms with E-state index in [4.69, 9.17) is 11.6 Å². The summed E-state index contributed by atoms with van der Waals surface area (Å²) in [6.07, 6.45) is 0.328. The van der Waals surface area contributed by atoms with Gasteiger partial charge in [-0.1, -0.05) is 0 Å².